The number of likely N-dealkylation sites (tertiary alicyclic amines) is 1. The summed E-state index contributed by atoms with van der Waals surface area (Å²) in [5.41, 5.74) is 0. The molecule has 1 heterocycles. The standard InChI is InChI=1S/C12H22N2O3/c1-4-6-14(11-5-7-13(3)8-11)12(16)9-17-10(2)15/h11H,4-9H2,1-3H3. The maximum atomic E-state index is 12.0. The van der Waals surface area contributed by atoms with Gasteiger partial charge in [0.25, 0.3) is 5.91 Å². The van der Waals surface area contributed by atoms with Crippen molar-refractivity contribution in [2.75, 3.05) is 33.3 Å². The van der Waals surface area contributed by atoms with Gasteiger partial charge in [-0.1, -0.05) is 6.92 Å². The van der Waals surface area contributed by atoms with Crippen LogP contribution in [0.15, 0.2) is 0 Å². The fourth-order valence-electron chi connectivity index (χ4n) is 2.16. The first-order valence-corrected chi connectivity index (χ1v) is 6.16. The van der Waals surface area contributed by atoms with E-state index in [1.807, 2.05) is 11.8 Å². The van der Waals surface area contributed by atoms with E-state index in [1.54, 1.807) is 0 Å². The summed E-state index contributed by atoms with van der Waals surface area (Å²) in [6.45, 7) is 5.90. The number of carbonyl (C=O) groups excluding carboxylic acids is 2. The van der Waals surface area contributed by atoms with Crippen molar-refractivity contribution in [2.45, 2.75) is 32.7 Å². The molecule has 1 amide bonds. The van der Waals surface area contributed by atoms with E-state index in [1.165, 1.54) is 6.92 Å². The summed E-state index contributed by atoms with van der Waals surface area (Å²) < 4.78 is 4.77. The highest BCUT2D eigenvalue weighted by atomic mass is 16.5. The molecular weight excluding hydrogens is 220 g/mol. The Labute approximate surface area is 103 Å². The first kappa shape index (κ1) is 14.0. The Bertz CT molecular complexity index is 281. The molecule has 5 nitrogen and oxygen atoms in total. The number of hydrogen-bond donors (Lipinski definition) is 0. The number of carbonyl (C=O) groups is 2. The van der Waals surface area contributed by atoms with Crippen LogP contribution in [-0.4, -0.2) is 61.0 Å². The molecule has 5 heteroatoms. The van der Waals surface area contributed by atoms with E-state index in [2.05, 4.69) is 11.9 Å². The topological polar surface area (TPSA) is 49.9 Å². The van der Waals surface area contributed by atoms with Crippen LogP contribution in [0.5, 0.6) is 0 Å². The lowest BCUT2D eigenvalue weighted by Gasteiger charge is -2.28. The normalized spacial score (nSPS) is 20.3. The Hall–Kier alpha value is -1.10. The summed E-state index contributed by atoms with van der Waals surface area (Å²) >= 11 is 0. The van der Waals surface area contributed by atoms with Gasteiger partial charge in [-0.25, -0.2) is 0 Å². The number of nitrogens with zero attached hydrogens (tertiary/aromatic N) is 2. The number of rotatable bonds is 5. The van der Waals surface area contributed by atoms with E-state index in [9.17, 15) is 9.59 Å². The van der Waals surface area contributed by atoms with Crippen LogP contribution in [0.2, 0.25) is 0 Å². The van der Waals surface area contributed by atoms with Crippen LogP contribution in [0.4, 0.5) is 0 Å². The molecule has 0 spiro atoms. The van der Waals surface area contributed by atoms with Crippen LogP contribution >= 0.6 is 0 Å². The van der Waals surface area contributed by atoms with Crippen LogP contribution in [0.1, 0.15) is 26.7 Å². The lowest BCUT2D eigenvalue weighted by Crippen LogP contribution is -2.44. The SMILES string of the molecule is CCCN(C(=O)COC(C)=O)C1CCN(C)C1. The van der Waals surface area contributed by atoms with Gasteiger partial charge >= 0.3 is 5.97 Å². The van der Waals surface area contributed by atoms with Gasteiger partial charge in [-0.3, -0.25) is 9.59 Å². The second-order valence-electron chi connectivity index (χ2n) is 4.57. The van der Waals surface area contributed by atoms with Crippen molar-refractivity contribution in [3.05, 3.63) is 0 Å². The predicted molar refractivity (Wildman–Crippen MR) is 64.5 cm³/mol. The number of hydrogen-bond acceptors (Lipinski definition) is 4. The second kappa shape index (κ2) is 6.59. The highest BCUT2D eigenvalue weighted by Gasteiger charge is 2.28. The van der Waals surface area contributed by atoms with E-state index in [4.69, 9.17) is 4.74 Å². The summed E-state index contributed by atoms with van der Waals surface area (Å²) in [7, 11) is 2.06. The number of amides is 1. The molecule has 0 N–H and O–H groups in total. The van der Waals surface area contributed by atoms with Gasteiger partial charge in [0, 0.05) is 26.1 Å². The van der Waals surface area contributed by atoms with Crippen LogP contribution in [0.25, 0.3) is 0 Å². The minimum atomic E-state index is -0.404. The Balaban J connectivity index is 2.52. The Morgan fingerprint density at radius 2 is 2.18 bits per heavy atom. The van der Waals surface area contributed by atoms with Crippen LogP contribution in [0, 0.1) is 0 Å². The van der Waals surface area contributed by atoms with E-state index in [0.29, 0.717) is 0 Å². The van der Waals surface area contributed by atoms with Gasteiger partial charge in [-0.2, -0.15) is 0 Å². The monoisotopic (exact) mass is 242 g/mol. The largest absolute Gasteiger partial charge is 0.456 e. The zero-order valence-corrected chi connectivity index (χ0v) is 10.9. The smallest absolute Gasteiger partial charge is 0.303 e. The molecule has 0 aromatic carbocycles. The molecule has 1 aliphatic rings. The third-order valence-electron chi connectivity index (χ3n) is 2.99. The van der Waals surface area contributed by atoms with Gasteiger partial charge in [-0.05, 0) is 26.4 Å². The van der Waals surface area contributed by atoms with Gasteiger partial charge in [0.05, 0.1) is 0 Å². The molecule has 0 aromatic heterocycles. The van der Waals surface area contributed by atoms with Gasteiger partial charge < -0.3 is 14.5 Å². The number of ether oxygens (including phenoxy) is 1. The van der Waals surface area contributed by atoms with Crippen LogP contribution in [0.3, 0.4) is 0 Å². The zero-order chi connectivity index (χ0) is 12.8. The van der Waals surface area contributed by atoms with Crippen molar-refractivity contribution < 1.29 is 14.3 Å². The molecule has 1 atom stereocenters. The molecular formula is C12H22N2O3. The summed E-state index contributed by atoms with van der Waals surface area (Å²) in [6.07, 6.45) is 1.92. The number of esters is 1. The van der Waals surface area contributed by atoms with Gasteiger partial charge in [0.15, 0.2) is 6.61 Å². The predicted octanol–water partition coefficient (Wildman–Crippen LogP) is 0.492. The first-order chi connectivity index (χ1) is 8.04. The average molecular weight is 242 g/mol. The first-order valence-electron chi connectivity index (χ1n) is 6.16. The van der Waals surface area contributed by atoms with Crippen molar-refractivity contribution in [3.63, 3.8) is 0 Å². The number of likely N-dealkylation sites (N-methyl/N-ethyl adjacent to an activating group) is 1. The highest BCUT2D eigenvalue weighted by molar-refractivity contribution is 5.80. The van der Waals surface area contributed by atoms with Crippen molar-refractivity contribution in [1.29, 1.82) is 0 Å². The second-order valence-corrected chi connectivity index (χ2v) is 4.57. The molecule has 0 radical (unpaired) electrons. The van der Waals surface area contributed by atoms with Crippen molar-refractivity contribution in [1.82, 2.24) is 9.80 Å². The lowest BCUT2D eigenvalue weighted by atomic mass is 10.2. The van der Waals surface area contributed by atoms with Crippen molar-refractivity contribution in [3.8, 4) is 0 Å². The van der Waals surface area contributed by atoms with E-state index in [-0.39, 0.29) is 18.6 Å². The molecule has 0 aliphatic carbocycles. The summed E-state index contributed by atoms with van der Waals surface area (Å²) in [5, 5.41) is 0. The maximum absolute atomic E-state index is 12.0. The fourth-order valence-corrected chi connectivity index (χ4v) is 2.16. The van der Waals surface area contributed by atoms with E-state index < -0.39 is 5.97 Å². The van der Waals surface area contributed by atoms with Gasteiger partial charge in [0.2, 0.25) is 0 Å². The molecule has 0 bridgehead atoms. The third kappa shape index (κ3) is 4.34. The van der Waals surface area contributed by atoms with Crippen molar-refractivity contribution in [2.24, 2.45) is 0 Å². The lowest BCUT2D eigenvalue weighted by molar-refractivity contribution is -0.151. The Kier molecular flexibility index (Phi) is 5.41. The molecule has 1 fully saturated rings. The summed E-state index contributed by atoms with van der Waals surface area (Å²) in [6, 6.07) is 0.267. The van der Waals surface area contributed by atoms with Crippen molar-refractivity contribution >= 4 is 11.9 Å². The minimum Gasteiger partial charge on any atom is -0.456 e. The van der Waals surface area contributed by atoms with Gasteiger partial charge in [0.1, 0.15) is 0 Å². The quantitative estimate of drug-likeness (QED) is 0.658. The average Bonchev–Trinajstić information content (AvgIpc) is 2.69. The Morgan fingerprint density at radius 1 is 1.47 bits per heavy atom. The fraction of sp³-hybridized carbons (Fsp3) is 0.833. The molecule has 0 aromatic rings. The molecule has 98 valence electrons. The van der Waals surface area contributed by atoms with E-state index in [0.717, 1.165) is 32.5 Å². The zero-order valence-electron chi connectivity index (χ0n) is 10.9. The Morgan fingerprint density at radius 3 is 2.65 bits per heavy atom. The molecule has 1 unspecified atom stereocenters. The summed E-state index contributed by atoms with van der Waals surface area (Å²) in [5.74, 6) is -0.485. The summed E-state index contributed by atoms with van der Waals surface area (Å²) in [4.78, 5) is 26.7. The highest BCUT2D eigenvalue weighted by Crippen LogP contribution is 2.14. The van der Waals surface area contributed by atoms with Crippen LogP contribution in [-0.2, 0) is 14.3 Å². The molecule has 1 aliphatic heterocycles. The third-order valence-corrected chi connectivity index (χ3v) is 2.99. The molecule has 17 heavy (non-hydrogen) atoms. The van der Waals surface area contributed by atoms with Gasteiger partial charge in [-0.15, -0.1) is 0 Å². The molecule has 1 saturated heterocycles. The molecule has 1 rings (SSSR count). The minimum absolute atomic E-state index is 0.0812. The molecule has 0 saturated carbocycles. The van der Waals surface area contributed by atoms with E-state index >= 15 is 0 Å². The maximum Gasteiger partial charge on any atom is 0.303 e. The van der Waals surface area contributed by atoms with Crippen LogP contribution < -0.4 is 0 Å².